The van der Waals surface area contributed by atoms with E-state index in [2.05, 4.69) is 12.2 Å². The summed E-state index contributed by atoms with van der Waals surface area (Å²) >= 11 is 0. The number of nitrogens with zero attached hydrogens (tertiary/aromatic N) is 2. The first-order chi connectivity index (χ1) is 15.3. The Morgan fingerprint density at radius 3 is 2.13 bits per heavy atom. The molecule has 4 rings (SSSR count). The Morgan fingerprint density at radius 1 is 0.839 bits per heavy atom. The van der Waals surface area contributed by atoms with Crippen molar-refractivity contribution in [3.05, 3.63) is 60.6 Å². The molecule has 4 aromatic rings. The number of amides is 1. The van der Waals surface area contributed by atoms with Crippen LogP contribution in [-0.2, 0) is 0 Å². The van der Waals surface area contributed by atoms with Gasteiger partial charge in [-0.2, -0.15) is 0 Å². The van der Waals surface area contributed by atoms with Gasteiger partial charge in [-0.05, 0) is 48.9 Å². The Morgan fingerprint density at radius 2 is 1.48 bits per heavy atom. The molecule has 6 nitrogen and oxygen atoms in total. The van der Waals surface area contributed by atoms with Crippen LogP contribution in [0.15, 0.2) is 63.8 Å². The molecule has 0 saturated heterocycles. The van der Waals surface area contributed by atoms with Crippen molar-refractivity contribution in [2.45, 2.75) is 45.4 Å². The van der Waals surface area contributed by atoms with E-state index in [0.717, 1.165) is 12.8 Å². The van der Waals surface area contributed by atoms with Gasteiger partial charge in [-0.25, -0.2) is 9.97 Å². The second kappa shape index (κ2) is 10.1. The van der Waals surface area contributed by atoms with Gasteiger partial charge in [0.05, 0.1) is 23.6 Å². The summed E-state index contributed by atoms with van der Waals surface area (Å²) in [5, 5.41) is 3.01. The Labute approximate surface area is 181 Å². The van der Waals surface area contributed by atoms with E-state index < -0.39 is 0 Å². The van der Waals surface area contributed by atoms with Gasteiger partial charge >= 0.3 is 0 Å². The van der Waals surface area contributed by atoms with E-state index >= 15 is 0 Å². The number of rotatable bonds is 10. The SMILES string of the molecule is CCCCCCCCNC(=O)c1ccc2nc(-c3ccco3)c(-c3ccco3)nc2c1. The Kier molecular flexibility index (Phi) is 6.77. The van der Waals surface area contributed by atoms with Crippen molar-refractivity contribution in [2.75, 3.05) is 6.54 Å². The van der Waals surface area contributed by atoms with Crippen LogP contribution < -0.4 is 5.32 Å². The van der Waals surface area contributed by atoms with Crippen molar-refractivity contribution in [3.8, 4) is 22.9 Å². The second-order valence-corrected chi connectivity index (χ2v) is 7.60. The van der Waals surface area contributed by atoms with Crippen LogP contribution in [0.25, 0.3) is 33.9 Å². The molecule has 0 aliphatic heterocycles. The van der Waals surface area contributed by atoms with Gasteiger partial charge in [-0.15, -0.1) is 0 Å². The molecule has 1 aromatic carbocycles. The van der Waals surface area contributed by atoms with E-state index in [4.69, 9.17) is 18.8 Å². The molecule has 0 aliphatic carbocycles. The molecule has 0 radical (unpaired) electrons. The van der Waals surface area contributed by atoms with Gasteiger partial charge in [0.1, 0.15) is 11.4 Å². The Hall–Kier alpha value is -3.41. The highest BCUT2D eigenvalue weighted by Gasteiger charge is 2.18. The van der Waals surface area contributed by atoms with Gasteiger partial charge < -0.3 is 14.2 Å². The van der Waals surface area contributed by atoms with Crippen molar-refractivity contribution in [1.29, 1.82) is 0 Å². The third kappa shape index (κ3) is 5.02. The number of benzene rings is 1. The minimum absolute atomic E-state index is 0.0908. The maximum absolute atomic E-state index is 12.6. The molecular formula is C25H27N3O3. The minimum atomic E-state index is -0.0908. The van der Waals surface area contributed by atoms with E-state index in [0.29, 0.717) is 46.0 Å². The lowest BCUT2D eigenvalue weighted by Crippen LogP contribution is -2.24. The van der Waals surface area contributed by atoms with Crippen LogP contribution in [0, 0.1) is 0 Å². The molecular weight excluding hydrogens is 390 g/mol. The first-order valence-electron chi connectivity index (χ1n) is 10.9. The average Bonchev–Trinajstić information content (AvgIpc) is 3.51. The number of hydrogen-bond donors (Lipinski definition) is 1. The summed E-state index contributed by atoms with van der Waals surface area (Å²) < 4.78 is 11.1. The van der Waals surface area contributed by atoms with Crippen molar-refractivity contribution in [2.24, 2.45) is 0 Å². The van der Waals surface area contributed by atoms with Gasteiger partial charge in [0, 0.05) is 12.1 Å². The molecule has 0 saturated carbocycles. The van der Waals surface area contributed by atoms with Crippen LogP contribution in [0.5, 0.6) is 0 Å². The van der Waals surface area contributed by atoms with Crippen LogP contribution in [0.2, 0.25) is 0 Å². The summed E-state index contributed by atoms with van der Waals surface area (Å²) in [6.45, 7) is 2.90. The quantitative estimate of drug-likeness (QED) is 0.309. The van der Waals surface area contributed by atoms with Crippen molar-refractivity contribution >= 4 is 16.9 Å². The number of nitrogens with one attached hydrogen (secondary N) is 1. The van der Waals surface area contributed by atoms with E-state index in [1.807, 2.05) is 24.3 Å². The zero-order valence-electron chi connectivity index (χ0n) is 17.8. The van der Waals surface area contributed by atoms with Gasteiger partial charge in [-0.1, -0.05) is 39.0 Å². The molecule has 1 N–H and O–H groups in total. The van der Waals surface area contributed by atoms with Crippen molar-refractivity contribution < 1.29 is 13.6 Å². The number of furan rings is 2. The Bertz CT molecular complexity index is 1120. The molecule has 1 amide bonds. The first kappa shape index (κ1) is 20.8. The molecule has 0 unspecified atom stereocenters. The molecule has 160 valence electrons. The topological polar surface area (TPSA) is 81.2 Å². The van der Waals surface area contributed by atoms with Gasteiger partial charge in [-0.3, -0.25) is 4.79 Å². The van der Waals surface area contributed by atoms with Crippen LogP contribution in [-0.4, -0.2) is 22.4 Å². The third-order valence-electron chi connectivity index (χ3n) is 5.25. The van der Waals surface area contributed by atoms with E-state index in [-0.39, 0.29) is 5.91 Å². The van der Waals surface area contributed by atoms with Gasteiger partial charge in [0.2, 0.25) is 0 Å². The summed E-state index contributed by atoms with van der Waals surface area (Å²) in [5.41, 5.74) is 3.08. The fraction of sp³-hybridized carbons (Fsp3) is 0.320. The van der Waals surface area contributed by atoms with Gasteiger partial charge in [0.15, 0.2) is 11.5 Å². The Balaban J connectivity index is 1.52. The highest BCUT2D eigenvalue weighted by atomic mass is 16.3. The van der Waals surface area contributed by atoms with Crippen molar-refractivity contribution in [1.82, 2.24) is 15.3 Å². The van der Waals surface area contributed by atoms with Gasteiger partial charge in [0.25, 0.3) is 5.91 Å². The molecule has 31 heavy (non-hydrogen) atoms. The molecule has 0 bridgehead atoms. The lowest BCUT2D eigenvalue weighted by molar-refractivity contribution is 0.0953. The highest BCUT2D eigenvalue weighted by molar-refractivity contribution is 5.97. The van der Waals surface area contributed by atoms with Crippen LogP contribution in [0.3, 0.4) is 0 Å². The van der Waals surface area contributed by atoms with E-state index in [1.54, 1.807) is 30.7 Å². The normalized spacial score (nSPS) is 11.1. The number of unbranched alkanes of at least 4 members (excludes halogenated alkanes) is 5. The summed E-state index contributed by atoms with van der Waals surface area (Å²) in [6.07, 6.45) is 10.4. The summed E-state index contributed by atoms with van der Waals surface area (Å²) in [5.74, 6) is 1.12. The molecule has 0 aliphatic rings. The average molecular weight is 418 g/mol. The third-order valence-corrected chi connectivity index (χ3v) is 5.25. The van der Waals surface area contributed by atoms with E-state index in [1.165, 1.54) is 25.7 Å². The smallest absolute Gasteiger partial charge is 0.251 e. The standard InChI is InChI=1S/C25H27N3O3/c1-2-3-4-5-6-7-14-26-25(29)18-12-13-19-20(17-18)28-24(22-11-9-16-31-22)23(27-19)21-10-8-15-30-21/h8-13,15-17H,2-7,14H2,1H3,(H,26,29). The van der Waals surface area contributed by atoms with Crippen LogP contribution >= 0.6 is 0 Å². The molecule has 3 aromatic heterocycles. The van der Waals surface area contributed by atoms with Crippen LogP contribution in [0.4, 0.5) is 0 Å². The first-order valence-corrected chi connectivity index (χ1v) is 10.9. The second-order valence-electron chi connectivity index (χ2n) is 7.60. The van der Waals surface area contributed by atoms with Crippen molar-refractivity contribution in [3.63, 3.8) is 0 Å². The predicted octanol–water partition coefficient (Wildman–Crippen LogP) is 6.24. The molecule has 0 atom stereocenters. The molecule has 3 heterocycles. The maximum Gasteiger partial charge on any atom is 0.251 e. The summed E-state index contributed by atoms with van der Waals surface area (Å²) in [4.78, 5) is 22.1. The maximum atomic E-state index is 12.6. The minimum Gasteiger partial charge on any atom is -0.463 e. The fourth-order valence-electron chi connectivity index (χ4n) is 3.58. The molecule has 6 heteroatoms. The summed E-state index contributed by atoms with van der Waals surface area (Å²) in [7, 11) is 0. The largest absolute Gasteiger partial charge is 0.463 e. The van der Waals surface area contributed by atoms with E-state index in [9.17, 15) is 4.79 Å². The number of carbonyl (C=O) groups excluding carboxylic acids is 1. The molecule has 0 fully saturated rings. The fourth-order valence-corrected chi connectivity index (χ4v) is 3.58. The number of carbonyl (C=O) groups is 1. The number of hydrogen-bond acceptors (Lipinski definition) is 5. The number of fused-ring (bicyclic) bond motifs is 1. The predicted molar refractivity (Wildman–Crippen MR) is 121 cm³/mol. The molecule has 0 spiro atoms. The monoisotopic (exact) mass is 417 g/mol. The number of aromatic nitrogens is 2. The van der Waals surface area contributed by atoms with Crippen LogP contribution in [0.1, 0.15) is 55.8 Å². The zero-order valence-corrected chi connectivity index (χ0v) is 17.8. The summed E-state index contributed by atoms with van der Waals surface area (Å²) in [6, 6.07) is 12.7. The lowest BCUT2D eigenvalue weighted by atomic mass is 10.1. The highest BCUT2D eigenvalue weighted by Crippen LogP contribution is 2.31. The zero-order chi connectivity index (χ0) is 21.5. The lowest BCUT2D eigenvalue weighted by Gasteiger charge is -2.09.